The van der Waals surface area contributed by atoms with Gasteiger partial charge in [-0.3, -0.25) is 4.79 Å². The Hall–Kier alpha value is -2.43. The lowest BCUT2D eigenvalue weighted by atomic mass is 10.0. The molecule has 0 aromatic heterocycles. The van der Waals surface area contributed by atoms with Gasteiger partial charge in [-0.2, -0.15) is 0 Å². The average Bonchev–Trinajstić information content (AvgIpc) is 3.32. The van der Waals surface area contributed by atoms with Crippen molar-refractivity contribution in [3.05, 3.63) is 85.1 Å². The normalized spacial score (nSPS) is 13.5. The fraction of sp³-hybridized carbons (Fsp3) is 0.758. The van der Waals surface area contributed by atoms with E-state index in [0.717, 1.165) is 77.0 Å². The molecule has 0 aromatic rings. The molecule has 0 fully saturated rings. The minimum absolute atomic E-state index is 0.0790. The third-order valence-corrected chi connectivity index (χ3v) is 12.9. The van der Waals surface area contributed by atoms with Crippen LogP contribution in [0.4, 0.5) is 0 Å². The quantitative estimate of drug-likeness (QED) is 0.0421. The van der Waals surface area contributed by atoms with E-state index in [1.54, 1.807) is 6.08 Å². The molecule has 0 radical (unpaired) electrons. The molecule has 0 aliphatic heterocycles. The summed E-state index contributed by atoms with van der Waals surface area (Å²) in [5, 5.41) is 23.2. The first-order valence-electron chi connectivity index (χ1n) is 28.8. The van der Waals surface area contributed by atoms with E-state index in [4.69, 9.17) is 0 Å². The fourth-order valence-electron chi connectivity index (χ4n) is 8.54. The maximum absolute atomic E-state index is 12.5. The van der Waals surface area contributed by atoms with Gasteiger partial charge >= 0.3 is 0 Å². The predicted octanol–water partition coefficient (Wildman–Crippen LogP) is 19.1. The van der Waals surface area contributed by atoms with E-state index in [-0.39, 0.29) is 12.5 Å². The van der Waals surface area contributed by atoms with Crippen LogP contribution in [0.25, 0.3) is 0 Å². The summed E-state index contributed by atoms with van der Waals surface area (Å²) in [4.78, 5) is 12.5. The van der Waals surface area contributed by atoms with E-state index in [1.807, 2.05) is 6.08 Å². The molecular weight excluding hydrogens is 807 g/mol. The van der Waals surface area contributed by atoms with Crippen LogP contribution in [0.1, 0.15) is 284 Å². The highest BCUT2D eigenvalue weighted by atomic mass is 16.3. The van der Waals surface area contributed by atoms with Gasteiger partial charge in [-0.25, -0.2) is 0 Å². The Kier molecular flexibility index (Phi) is 54.8. The van der Waals surface area contributed by atoms with E-state index in [9.17, 15) is 15.0 Å². The molecule has 0 spiro atoms. The van der Waals surface area contributed by atoms with Gasteiger partial charge in [0.15, 0.2) is 0 Å². The largest absolute Gasteiger partial charge is 0.394 e. The molecule has 3 N–H and O–H groups in total. The van der Waals surface area contributed by atoms with E-state index in [1.165, 1.54) is 186 Å². The summed E-state index contributed by atoms with van der Waals surface area (Å²) >= 11 is 0. The summed E-state index contributed by atoms with van der Waals surface area (Å²) in [6.45, 7) is 4.21. The maximum Gasteiger partial charge on any atom is 0.220 e. The van der Waals surface area contributed by atoms with Crippen LogP contribution in [0.2, 0.25) is 0 Å². The lowest BCUT2D eigenvalue weighted by Crippen LogP contribution is -2.45. The SMILES string of the molecule is CC/C=C\C/C=C\C/C=C\C/C=C\C/C=C\C/C=C\CCCCCCCCC(=O)NC(CO)C(O)/C=C/CCCCCCCCCCCCCCCCCCCCCCCCCCCCC. The number of aliphatic hydroxyl groups is 2. The number of carbonyl (C=O) groups excluding carboxylic acids is 1. The highest BCUT2D eigenvalue weighted by Crippen LogP contribution is 2.17. The molecule has 66 heavy (non-hydrogen) atoms. The van der Waals surface area contributed by atoms with E-state index in [0.29, 0.717) is 6.42 Å². The second-order valence-corrected chi connectivity index (χ2v) is 19.3. The number of unbranched alkanes of at least 4 members (excludes halogenated alkanes) is 33. The van der Waals surface area contributed by atoms with Crippen LogP contribution in [-0.2, 0) is 4.79 Å². The number of allylic oxidation sites excluding steroid dienone is 13. The van der Waals surface area contributed by atoms with Gasteiger partial charge in [0.2, 0.25) is 5.91 Å². The Bertz CT molecular complexity index is 1180. The van der Waals surface area contributed by atoms with E-state index < -0.39 is 12.1 Å². The molecule has 4 nitrogen and oxygen atoms in total. The second kappa shape index (κ2) is 56.9. The van der Waals surface area contributed by atoms with Gasteiger partial charge in [0.1, 0.15) is 0 Å². The van der Waals surface area contributed by atoms with Crippen LogP contribution in [0.5, 0.6) is 0 Å². The standard InChI is InChI=1S/C62H111NO3/c1-3-5-7-9-11-13-15-17-19-21-23-25-27-29-30-31-32-34-35-37-39-41-43-45-47-49-51-53-55-57-61(65)60(59-64)63-62(66)58-56-54-52-50-48-46-44-42-40-38-36-33-28-26-24-22-20-18-16-14-12-10-8-6-4-2/h6,8,12,14,18,20,24,26,33,36,40,42,55,57,60-61,64-65H,3-5,7,9-11,13,15-17,19,21-23,25,27-32,34-35,37-39,41,43-54,56,58-59H2,1-2H3,(H,63,66)/b8-6-,14-12-,20-18-,26-24-,36-33-,42-40-,57-55+. The van der Waals surface area contributed by atoms with Gasteiger partial charge in [-0.15, -0.1) is 0 Å². The van der Waals surface area contributed by atoms with Crippen molar-refractivity contribution < 1.29 is 15.0 Å². The Morgan fingerprint density at radius 1 is 0.379 bits per heavy atom. The van der Waals surface area contributed by atoms with Gasteiger partial charge in [-0.1, -0.05) is 292 Å². The Morgan fingerprint density at radius 3 is 1.00 bits per heavy atom. The predicted molar refractivity (Wildman–Crippen MR) is 294 cm³/mol. The Labute approximate surface area is 411 Å². The van der Waals surface area contributed by atoms with Gasteiger partial charge in [0.05, 0.1) is 18.8 Å². The van der Waals surface area contributed by atoms with Crippen molar-refractivity contribution in [1.29, 1.82) is 0 Å². The highest BCUT2D eigenvalue weighted by molar-refractivity contribution is 5.76. The number of aliphatic hydroxyl groups excluding tert-OH is 2. The van der Waals surface area contributed by atoms with Crippen LogP contribution < -0.4 is 5.32 Å². The molecule has 0 bridgehead atoms. The van der Waals surface area contributed by atoms with Gasteiger partial charge in [-0.05, 0) is 70.6 Å². The summed E-state index contributed by atoms with van der Waals surface area (Å²) in [7, 11) is 0. The molecule has 0 aliphatic rings. The van der Waals surface area contributed by atoms with Crippen LogP contribution in [0, 0.1) is 0 Å². The van der Waals surface area contributed by atoms with Gasteiger partial charge in [0, 0.05) is 6.42 Å². The molecule has 0 saturated carbocycles. The molecule has 2 unspecified atom stereocenters. The minimum Gasteiger partial charge on any atom is -0.394 e. The number of hydrogen-bond acceptors (Lipinski definition) is 3. The highest BCUT2D eigenvalue weighted by Gasteiger charge is 2.18. The number of carbonyl (C=O) groups is 1. The fourth-order valence-corrected chi connectivity index (χ4v) is 8.54. The van der Waals surface area contributed by atoms with Crippen LogP contribution >= 0.6 is 0 Å². The molecule has 0 rings (SSSR count). The average molecular weight is 919 g/mol. The molecule has 2 atom stereocenters. The van der Waals surface area contributed by atoms with Crippen molar-refractivity contribution in [2.45, 2.75) is 296 Å². The molecule has 0 aliphatic carbocycles. The zero-order valence-corrected chi connectivity index (χ0v) is 43.9. The Balaban J connectivity index is 3.55. The van der Waals surface area contributed by atoms with Gasteiger partial charge in [0.25, 0.3) is 0 Å². The molecule has 0 aromatic carbocycles. The summed E-state index contributed by atoms with van der Waals surface area (Å²) in [6, 6.07) is -0.637. The molecule has 382 valence electrons. The smallest absolute Gasteiger partial charge is 0.220 e. The summed E-state index contributed by atoms with van der Waals surface area (Å²) in [5.74, 6) is -0.0790. The first-order valence-corrected chi connectivity index (χ1v) is 28.8. The third kappa shape index (κ3) is 52.5. The lowest BCUT2D eigenvalue weighted by molar-refractivity contribution is -0.123. The first kappa shape index (κ1) is 63.6. The van der Waals surface area contributed by atoms with Crippen molar-refractivity contribution in [1.82, 2.24) is 5.32 Å². The molecular formula is C62H111NO3. The second-order valence-electron chi connectivity index (χ2n) is 19.3. The zero-order valence-electron chi connectivity index (χ0n) is 43.9. The number of amides is 1. The van der Waals surface area contributed by atoms with Crippen molar-refractivity contribution in [2.24, 2.45) is 0 Å². The van der Waals surface area contributed by atoms with Gasteiger partial charge < -0.3 is 15.5 Å². The number of hydrogen-bond donors (Lipinski definition) is 3. The van der Waals surface area contributed by atoms with E-state index in [2.05, 4.69) is 92.1 Å². The summed E-state index contributed by atoms with van der Waals surface area (Å²) < 4.78 is 0. The van der Waals surface area contributed by atoms with Crippen LogP contribution in [0.15, 0.2) is 85.1 Å². The zero-order chi connectivity index (χ0) is 47.7. The number of rotatable bonds is 52. The monoisotopic (exact) mass is 918 g/mol. The summed E-state index contributed by atoms with van der Waals surface area (Å²) in [5.41, 5.74) is 0. The van der Waals surface area contributed by atoms with Crippen LogP contribution in [0.3, 0.4) is 0 Å². The lowest BCUT2D eigenvalue weighted by Gasteiger charge is -2.20. The molecule has 1 amide bonds. The Morgan fingerprint density at radius 2 is 0.667 bits per heavy atom. The van der Waals surface area contributed by atoms with Crippen molar-refractivity contribution in [3.8, 4) is 0 Å². The third-order valence-electron chi connectivity index (χ3n) is 12.9. The number of nitrogens with one attached hydrogen (secondary N) is 1. The van der Waals surface area contributed by atoms with E-state index >= 15 is 0 Å². The van der Waals surface area contributed by atoms with Crippen molar-refractivity contribution in [2.75, 3.05) is 6.61 Å². The first-order chi connectivity index (χ1) is 32.7. The molecule has 4 heteroatoms. The summed E-state index contributed by atoms with van der Waals surface area (Å²) in [6.07, 6.45) is 83.2. The minimum atomic E-state index is -0.853. The maximum atomic E-state index is 12.5. The van der Waals surface area contributed by atoms with Crippen molar-refractivity contribution in [3.63, 3.8) is 0 Å². The van der Waals surface area contributed by atoms with Crippen molar-refractivity contribution >= 4 is 5.91 Å². The molecule has 0 saturated heterocycles. The topological polar surface area (TPSA) is 69.6 Å². The van der Waals surface area contributed by atoms with Crippen LogP contribution in [-0.4, -0.2) is 34.9 Å². The molecule has 0 heterocycles.